The van der Waals surface area contributed by atoms with Crippen molar-refractivity contribution in [1.29, 1.82) is 0 Å². The fraction of sp³-hybridized carbons (Fsp3) is 0.667. The number of hydrogen-bond acceptors (Lipinski definition) is 7. The van der Waals surface area contributed by atoms with Crippen LogP contribution in [-0.2, 0) is 28.6 Å². The molecule has 1 aliphatic rings. The molecule has 112 valence electrons. The van der Waals surface area contributed by atoms with Gasteiger partial charge in [0.15, 0.2) is 11.8 Å². The highest BCUT2D eigenvalue weighted by atomic mass is 16.6. The highest BCUT2D eigenvalue weighted by Crippen LogP contribution is 2.25. The third kappa shape index (κ3) is 3.06. The largest absolute Gasteiger partial charge is 0.465 e. The van der Waals surface area contributed by atoms with E-state index in [9.17, 15) is 19.2 Å². The average molecular weight is 287 g/mol. The van der Waals surface area contributed by atoms with Crippen molar-refractivity contribution in [3.63, 3.8) is 0 Å². The molecule has 1 heterocycles. The molecule has 1 amide bonds. The molecule has 20 heavy (non-hydrogen) atoms. The molecule has 2 atom stereocenters. The predicted octanol–water partition coefficient (Wildman–Crippen LogP) is -0.251. The first-order chi connectivity index (χ1) is 9.47. The third-order valence-electron chi connectivity index (χ3n) is 2.80. The van der Waals surface area contributed by atoms with Crippen molar-refractivity contribution >= 4 is 23.8 Å². The van der Waals surface area contributed by atoms with Crippen molar-refractivity contribution in [2.75, 3.05) is 26.9 Å². The van der Waals surface area contributed by atoms with Crippen molar-refractivity contribution < 1.29 is 33.4 Å². The number of carbonyl (C=O) groups is 4. The Bertz CT molecular complexity index is 420. The van der Waals surface area contributed by atoms with E-state index in [1.54, 1.807) is 13.8 Å². The first-order valence-electron chi connectivity index (χ1n) is 6.18. The lowest BCUT2D eigenvalue weighted by molar-refractivity contribution is -0.159. The van der Waals surface area contributed by atoms with Gasteiger partial charge in [-0.2, -0.15) is 0 Å². The van der Waals surface area contributed by atoms with Crippen molar-refractivity contribution in [1.82, 2.24) is 4.90 Å². The molecule has 0 aliphatic carbocycles. The number of Topliss-reactive ketones (excluding diaryl/α,β-unsaturated/α-hetero) is 1. The number of rotatable bonds is 4. The average Bonchev–Trinajstić information content (AvgIpc) is 2.76. The maximum absolute atomic E-state index is 11.9. The number of nitrogens with zero attached hydrogens (tertiary/aromatic N) is 1. The van der Waals surface area contributed by atoms with E-state index in [-0.39, 0.29) is 19.8 Å². The molecular formula is C12H17NO7. The molecule has 0 saturated carbocycles. The molecule has 8 nitrogen and oxygen atoms in total. The lowest BCUT2D eigenvalue weighted by Crippen LogP contribution is -2.46. The van der Waals surface area contributed by atoms with E-state index in [4.69, 9.17) is 9.47 Å². The van der Waals surface area contributed by atoms with Crippen LogP contribution < -0.4 is 0 Å². The van der Waals surface area contributed by atoms with Crippen molar-refractivity contribution in [3.8, 4) is 0 Å². The highest BCUT2D eigenvalue weighted by Gasteiger charge is 2.53. The Morgan fingerprint density at radius 3 is 2.20 bits per heavy atom. The van der Waals surface area contributed by atoms with Gasteiger partial charge >= 0.3 is 18.0 Å². The first-order valence-corrected chi connectivity index (χ1v) is 6.18. The smallest absolute Gasteiger partial charge is 0.410 e. The number of ketones is 1. The molecule has 0 aromatic rings. The van der Waals surface area contributed by atoms with Gasteiger partial charge < -0.3 is 14.2 Å². The SMILES string of the molecule is CCOC(=O)C1C(=O)CN(C(=O)OC)C1C(=O)OCC. The second-order valence-corrected chi connectivity index (χ2v) is 3.99. The maximum atomic E-state index is 11.9. The van der Waals surface area contributed by atoms with E-state index in [1.807, 2.05) is 0 Å². The molecule has 2 unspecified atom stereocenters. The zero-order valence-corrected chi connectivity index (χ0v) is 11.6. The summed E-state index contributed by atoms with van der Waals surface area (Å²) < 4.78 is 14.1. The zero-order valence-electron chi connectivity index (χ0n) is 11.6. The van der Waals surface area contributed by atoms with E-state index >= 15 is 0 Å². The Balaban J connectivity index is 3.06. The Morgan fingerprint density at radius 2 is 1.70 bits per heavy atom. The van der Waals surface area contributed by atoms with Crippen LogP contribution in [0.4, 0.5) is 4.79 Å². The summed E-state index contributed by atoms with van der Waals surface area (Å²) in [7, 11) is 1.12. The molecule has 0 aromatic carbocycles. The number of ether oxygens (including phenoxy) is 3. The molecule has 0 aromatic heterocycles. The fourth-order valence-electron chi connectivity index (χ4n) is 2.00. The van der Waals surface area contributed by atoms with E-state index < -0.39 is 35.8 Å². The molecule has 0 bridgehead atoms. The second kappa shape index (κ2) is 6.88. The van der Waals surface area contributed by atoms with Gasteiger partial charge in [0.1, 0.15) is 5.92 Å². The molecule has 0 spiro atoms. The number of hydrogen-bond donors (Lipinski definition) is 0. The molecule has 1 aliphatic heterocycles. The third-order valence-corrected chi connectivity index (χ3v) is 2.80. The first kappa shape index (κ1) is 15.9. The summed E-state index contributed by atoms with van der Waals surface area (Å²) in [6.07, 6.45) is -0.872. The van der Waals surface area contributed by atoms with Gasteiger partial charge in [0.2, 0.25) is 0 Å². The molecular weight excluding hydrogens is 270 g/mol. The summed E-state index contributed by atoms with van der Waals surface area (Å²) in [6.45, 7) is 2.90. The minimum absolute atomic E-state index is 0.0636. The predicted molar refractivity (Wildman–Crippen MR) is 64.7 cm³/mol. The number of methoxy groups -OCH3 is 1. The topological polar surface area (TPSA) is 99.2 Å². The summed E-state index contributed by atoms with van der Waals surface area (Å²) in [6, 6.07) is -1.34. The van der Waals surface area contributed by atoms with Crippen LogP contribution in [-0.4, -0.2) is 61.6 Å². The Kier molecular flexibility index (Phi) is 5.48. The zero-order chi connectivity index (χ0) is 15.3. The van der Waals surface area contributed by atoms with Crippen LogP contribution >= 0.6 is 0 Å². The van der Waals surface area contributed by atoms with Gasteiger partial charge in [0.25, 0.3) is 0 Å². The molecule has 1 saturated heterocycles. The van der Waals surface area contributed by atoms with Crippen molar-refractivity contribution in [2.24, 2.45) is 5.92 Å². The van der Waals surface area contributed by atoms with Gasteiger partial charge in [-0.3, -0.25) is 14.5 Å². The molecule has 0 N–H and O–H groups in total. The molecule has 8 heteroatoms. The van der Waals surface area contributed by atoms with E-state index in [0.29, 0.717) is 0 Å². The van der Waals surface area contributed by atoms with Gasteiger partial charge in [-0.05, 0) is 13.8 Å². The highest BCUT2D eigenvalue weighted by molar-refractivity contribution is 6.09. The van der Waals surface area contributed by atoms with Crippen LogP contribution in [0, 0.1) is 5.92 Å². The standard InChI is InChI=1S/C12H17NO7/c1-4-19-10(15)8-7(14)6-13(12(17)18-3)9(8)11(16)20-5-2/h8-9H,4-6H2,1-3H3. The summed E-state index contributed by atoms with van der Waals surface area (Å²) in [5, 5.41) is 0. The summed E-state index contributed by atoms with van der Waals surface area (Å²) in [4.78, 5) is 48.1. The van der Waals surface area contributed by atoms with Gasteiger partial charge in [0.05, 0.1) is 26.9 Å². The maximum Gasteiger partial charge on any atom is 0.410 e. The van der Waals surface area contributed by atoms with E-state index in [1.165, 1.54) is 0 Å². The Labute approximate surface area is 115 Å². The number of likely N-dealkylation sites (tertiary alicyclic amines) is 1. The van der Waals surface area contributed by atoms with Crippen LogP contribution in [0.3, 0.4) is 0 Å². The van der Waals surface area contributed by atoms with Crippen LogP contribution in [0.1, 0.15) is 13.8 Å². The summed E-state index contributed by atoms with van der Waals surface area (Å²) >= 11 is 0. The Morgan fingerprint density at radius 1 is 1.15 bits per heavy atom. The summed E-state index contributed by atoms with van der Waals surface area (Å²) in [5.74, 6) is -3.62. The minimum atomic E-state index is -1.37. The van der Waals surface area contributed by atoms with Crippen LogP contribution in [0.25, 0.3) is 0 Å². The van der Waals surface area contributed by atoms with Crippen molar-refractivity contribution in [2.45, 2.75) is 19.9 Å². The summed E-state index contributed by atoms with van der Waals surface area (Å²) in [5.41, 5.74) is 0. The van der Waals surface area contributed by atoms with E-state index in [2.05, 4.69) is 4.74 Å². The number of carbonyl (C=O) groups excluding carboxylic acids is 4. The van der Waals surface area contributed by atoms with Gasteiger partial charge in [-0.15, -0.1) is 0 Å². The van der Waals surface area contributed by atoms with Crippen LogP contribution in [0.15, 0.2) is 0 Å². The molecule has 1 rings (SSSR count). The normalized spacial score (nSPS) is 21.6. The van der Waals surface area contributed by atoms with Crippen LogP contribution in [0.5, 0.6) is 0 Å². The lowest BCUT2D eigenvalue weighted by atomic mass is 9.99. The van der Waals surface area contributed by atoms with E-state index in [0.717, 1.165) is 12.0 Å². The molecule has 1 fully saturated rings. The second-order valence-electron chi connectivity index (χ2n) is 3.99. The lowest BCUT2D eigenvalue weighted by Gasteiger charge is -2.23. The van der Waals surface area contributed by atoms with Gasteiger partial charge in [-0.25, -0.2) is 9.59 Å². The molecule has 0 radical (unpaired) electrons. The fourth-order valence-corrected chi connectivity index (χ4v) is 2.00. The quantitative estimate of drug-likeness (QED) is 0.399. The van der Waals surface area contributed by atoms with Gasteiger partial charge in [-0.1, -0.05) is 0 Å². The number of esters is 2. The monoisotopic (exact) mass is 287 g/mol. The minimum Gasteiger partial charge on any atom is -0.465 e. The Hall–Kier alpha value is -2.12. The van der Waals surface area contributed by atoms with Crippen LogP contribution in [0.2, 0.25) is 0 Å². The number of amides is 1. The van der Waals surface area contributed by atoms with Gasteiger partial charge in [0, 0.05) is 0 Å². The van der Waals surface area contributed by atoms with Crippen molar-refractivity contribution in [3.05, 3.63) is 0 Å².